The Morgan fingerprint density at radius 1 is 1.25 bits per heavy atom. The number of carbonyl (C=O) groups excluding carboxylic acids is 2. The van der Waals surface area contributed by atoms with Crippen LogP contribution in [0.4, 0.5) is 0 Å². The van der Waals surface area contributed by atoms with Crippen LogP contribution in [0.15, 0.2) is 35.5 Å². The Morgan fingerprint density at radius 3 is 2.40 bits per heavy atom. The van der Waals surface area contributed by atoms with Crippen molar-refractivity contribution in [1.29, 1.82) is 0 Å². The van der Waals surface area contributed by atoms with Crippen molar-refractivity contribution in [2.45, 2.75) is 12.8 Å². The number of benzene rings is 1. The van der Waals surface area contributed by atoms with Crippen LogP contribution in [0.25, 0.3) is 0 Å². The van der Waals surface area contributed by atoms with E-state index >= 15 is 0 Å². The van der Waals surface area contributed by atoms with Crippen molar-refractivity contribution in [3.8, 4) is 0 Å². The minimum absolute atomic E-state index is 0.171. The molecule has 0 aliphatic carbocycles. The van der Waals surface area contributed by atoms with E-state index in [9.17, 15) is 9.59 Å². The van der Waals surface area contributed by atoms with Gasteiger partial charge in [0, 0.05) is 20.0 Å². The van der Waals surface area contributed by atoms with E-state index in [2.05, 4.69) is 15.8 Å². The predicted molar refractivity (Wildman–Crippen MR) is 74.3 cm³/mol. The van der Waals surface area contributed by atoms with Gasteiger partial charge in [0.25, 0.3) is 0 Å². The lowest BCUT2D eigenvalue weighted by molar-refractivity contribution is -0.122. The molecule has 7 nitrogen and oxygen atoms in total. The van der Waals surface area contributed by atoms with Crippen LogP contribution in [-0.2, 0) is 9.59 Å². The molecule has 5 N–H and O–H groups in total. The van der Waals surface area contributed by atoms with Gasteiger partial charge in [-0.3, -0.25) is 9.59 Å². The van der Waals surface area contributed by atoms with Gasteiger partial charge in [0.1, 0.15) is 5.92 Å². The van der Waals surface area contributed by atoms with Crippen LogP contribution in [0.3, 0.4) is 0 Å². The quantitative estimate of drug-likeness (QED) is 0.189. The standard InChI is InChI=1S/C13H18N4O3/c1-9(18)15-7-8-16-13(19)11(12(14)17-20)10-5-3-2-4-6-10/h2-6,11,20H,7-8H2,1H3,(H2,14,17)(H,15,18)(H,16,19). The SMILES string of the molecule is CC(=O)NCCNC(=O)C(C(N)=NO)c1ccccc1. The van der Waals surface area contributed by atoms with E-state index in [0.29, 0.717) is 12.1 Å². The molecule has 0 aliphatic heterocycles. The Hall–Kier alpha value is -2.57. The first-order valence-corrected chi connectivity index (χ1v) is 6.10. The highest BCUT2D eigenvalue weighted by molar-refractivity contribution is 6.07. The molecule has 0 aliphatic rings. The number of rotatable bonds is 6. The van der Waals surface area contributed by atoms with Gasteiger partial charge in [-0.25, -0.2) is 0 Å². The highest BCUT2D eigenvalue weighted by Gasteiger charge is 2.24. The fraction of sp³-hybridized carbons (Fsp3) is 0.308. The fourth-order valence-electron chi connectivity index (χ4n) is 1.69. The number of nitrogens with one attached hydrogen (secondary N) is 2. The number of nitrogens with zero attached hydrogens (tertiary/aromatic N) is 1. The van der Waals surface area contributed by atoms with Gasteiger partial charge in [-0.1, -0.05) is 35.5 Å². The zero-order valence-electron chi connectivity index (χ0n) is 11.2. The van der Waals surface area contributed by atoms with Gasteiger partial charge in [0.05, 0.1) is 0 Å². The number of nitrogens with two attached hydrogens (primary N) is 1. The van der Waals surface area contributed by atoms with Crippen LogP contribution in [0.2, 0.25) is 0 Å². The van der Waals surface area contributed by atoms with Crippen LogP contribution < -0.4 is 16.4 Å². The number of amides is 2. The van der Waals surface area contributed by atoms with Crippen molar-refractivity contribution < 1.29 is 14.8 Å². The summed E-state index contributed by atoms with van der Waals surface area (Å²) in [7, 11) is 0. The third-order valence-corrected chi connectivity index (χ3v) is 2.60. The molecule has 0 saturated heterocycles. The summed E-state index contributed by atoms with van der Waals surface area (Å²) in [6.45, 7) is 1.98. The van der Waals surface area contributed by atoms with Crippen LogP contribution in [0.5, 0.6) is 0 Å². The number of hydrogen-bond donors (Lipinski definition) is 4. The van der Waals surface area contributed by atoms with Gasteiger partial charge in [0.15, 0.2) is 5.84 Å². The van der Waals surface area contributed by atoms with Gasteiger partial charge in [0.2, 0.25) is 11.8 Å². The molecule has 0 heterocycles. The fourth-order valence-corrected chi connectivity index (χ4v) is 1.69. The molecule has 1 aromatic carbocycles. The number of hydrogen-bond acceptors (Lipinski definition) is 4. The molecule has 0 saturated carbocycles. The first-order valence-electron chi connectivity index (χ1n) is 6.10. The van der Waals surface area contributed by atoms with Crippen LogP contribution in [0.1, 0.15) is 18.4 Å². The molecule has 2 amide bonds. The average molecular weight is 278 g/mol. The molecule has 108 valence electrons. The van der Waals surface area contributed by atoms with Gasteiger partial charge < -0.3 is 21.6 Å². The van der Waals surface area contributed by atoms with Crippen molar-refractivity contribution in [3.63, 3.8) is 0 Å². The summed E-state index contributed by atoms with van der Waals surface area (Å²) < 4.78 is 0. The van der Waals surface area contributed by atoms with E-state index in [1.54, 1.807) is 24.3 Å². The third-order valence-electron chi connectivity index (χ3n) is 2.60. The van der Waals surface area contributed by atoms with E-state index in [0.717, 1.165) is 0 Å². The monoisotopic (exact) mass is 278 g/mol. The lowest BCUT2D eigenvalue weighted by Crippen LogP contribution is -2.40. The second-order valence-electron chi connectivity index (χ2n) is 4.14. The molecule has 1 aromatic rings. The normalized spacial score (nSPS) is 12.6. The van der Waals surface area contributed by atoms with Crippen molar-refractivity contribution >= 4 is 17.6 Å². The Bertz CT molecular complexity index is 488. The zero-order valence-corrected chi connectivity index (χ0v) is 11.2. The molecule has 20 heavy (non-hydrogen) atoms. The van der Waals surface area contributed by atoms with Crippen molar-refractivity contribution in [2.75, 3.05) is 13.1 Å². The number of amidine groups is 1. The van der Waals surface area contributed by atoms with Crippen molar-refractivity contribution in [1.82, 2.24) is 10.6 Å². The van der Waals surface area contributed by atoms with E-state index in [-0.39, 0.29) is 18.3 Å². The Balaban J connectivity index is 2.70. The average Bonchev–Trinajstić information content (AvgIpc) is 2.44. The number of oxime groups is 1. The highest BCUT2D eigenvalue weighted by atomic mass is 16.4. The first kappa shape index (κ1) is 15.5. The lowest BCUT2D eigenvalue weighted by Gasteiger charge is -2.16. The Labute approximate surface area is 116 Å². The minimum atomic E-state index is -0.862. The van der Waals surface area contributed by atoms with Gasteiger partial charge in [-0.05, 0) is 5.56 Å². The summed E-state index contributed by atoms with van der Waals surface area (Å²) in [6.07, 6.45) is 0. The van der Waals surface area contributed by atoms with Crippen molar-refractivity contribution in [2.24, 2.45) is 10.9 Å². The summed E-state index contributed by atoms with van der Waals surface area (Å²) >= 11 is 0. The van der Waals surface area contributed by atoms with Crippen LogP contribution in [0, 0.1) is 0 Å². The highest BCUT2D eigenvalue weighted by Crippen LogP contribution is 2.15. The van der Waals surface area contributed by atoms with Crippen molar-refractivity contribution in [3.05, 3.63) is 35.9 Å². The molecule has 0 radical (unpaired) electrons. The summed E-state index contributed by atoms with van der Waals surface area (Å²) in [5.74, 6) is -1.61. The van der Waals surface area contributed by atoms with Gasteiger partial charge in [-0.2, -0.15) is 0 Å². The molecule has 0 spiro atoms. The lowest BCUT2D eigenvalue weighted by atomic mass is 9.97. The van der Waals surface area contributed by atoms with E-state index < -0.39 is 11.8 Å². The second-order valence-corrected chi connectivity index (χ2v) is 4.14. The Kier molecular flexibility index (Phi) is 6.02. The van der Waals surface area contributed by atoms with E-state index in [1.807, 2.05) is 6.07 Å². The largest absolute Gasteiger partial charge is 0.409 e. The summed E-state index contributed by atoms with van der Waals surface area (Å²) in [6, 6.07) is 8.77. The Morgan fingerprint density at radius 2 is 1.85 bits per heavy atom. The van der Waals surface area contributed by atoms with Crippen LogP contribution >= 0.6 is 0 Å². The summed E-state index contributed by atoms with van der Waals surface area (Å²) in [5.41, 5.74) is 6.20. The summed E-state index contributed by atoms with van der Waals surface area (Å²) in [5, 5.41) is 16.9. The molecule has 0 aromatic heterocycles. The second kappa shape index (κ2) is 7.78. The topological polar surface area (TPSA) is 117 Å². The minimum Gasteiger partial charge on any atom is -0.409 e. The van der Waals surface area contributed by atoms with E-state index in [4.69, 9.17) is 10.9 Å². The third kappa shape index (κ3) is 4.60. The molecule has 1 atom stereocenters. The maximum absolute atomic E-state index is 12.1. The zero-order chi connectivity index (χ0) is 15.0. The molecule has 0 fully saturated rings. The summed E-state index contributed by atoms with van der Waals surface area (Å²) in [4.78, 5) is 22.8. The molecule has 1 rings (SSSR count). The smallest absolute Gasteiger partial charge is 0.235 e. The molecular weight excluding hydrogens is 260 g/mol. The molecule has 7 heteroatoms. The van der Waals surface area contributed by atoms with Crippen LogP contribution in [-0.4, -0.2) is 35.9 Å². The van der Waals surface area contributed by atoms with E-state index in [1.165, 1.54) is 6.92 Å². The molecular formula is C13H18N4O3. The first-order chi connectivity index (χ1) is 9.56. The number of carbonyl (C=O) groups is 2. The predicted octanol–water partition coefficient (Wildman–Crippen LogP) is -0.231. The van der Waals surface area contributed by atoms with Gasteiger partial charge >= 0.3 is 0 Å². The molecule has 0 bridgehead atoms. The van der Waals surface area contributed by atoms with Gasteiger partial charge in [-0.15, -0.1) is 0 Å². The maximum Gasteiger partial charge on any atom is 0.235 e. The molecule has 1 unspecified atom stereocenters. The maximum atomic E-state index is 12.1.